The minimum Gasteiger partial charge on any atom is -0.345 e. The summed E-state index contributed by atoms with van der Waals surface area (Å²) in [6, 6.07) is 13.0. The van der Waals surface area contributed by atoms with Gasteiger partial charge < -0.3 is 4.57 Å². The molecule has 22 heavy (non-hydrogen) atoms. The van der Waals surface area contributed by atoms with Gasteiger partial charge in [0, 0.05) is 29.5 Å². The molecular weight excluding hydrogens is 272 g/mol. The van der Waals surface area contributed by atoms with Crippen molar-refractivity contribution in [3.63, 3.8) is 0 Å². The van der Waals surface area contributed by atoms with E-state index in [9.17, 15) is 4.79 Å². The Hall–Kier alpha value is -1.87. The van der Waals surface area contributed by atoms with E-state index in [-0.39, 0.29) is 5.78 Å². The summed E-state index contributed by atoms with van der Waals surface area (Å²) in [5.74, 6) is 0.221. The first-order valence-corrected chi connectivity index (χ1v) is 8.00. The Kier molecular flexibility index (Phi) is 4.16. The van der Waals surface area contributed by atoms with Gasteiger partial charge in [0.1, 0.15) is 0 Å². The van der Waals surface area contributed by atoms with Gasteiger partial charge in [0.25, 0.3) is 0 Å². The van der Waals surface area contributed by atoms with Crippen LogP contribution in [0.4, 0.5) is 0 Å². The molecule has 1 aromatic carbocycles. The zero-order valence-corrected chi connectivity index (χ0v) is 13.7. The van der Waals surface area contributed by atoms with Gasteiger partial charge >= 0.3 is 0 Å². The number of likely N-dealkylation sites (N-methyl/N-ethyl adjacent to an activating group) is 1. The minimum absolute atomic E-state index is 0.221. The first-order valence-electron chi connectivity index (χ1n) is 8.00. The molecule has 116 valence electrons. The lowest BCUT2D eigenvalue weighted by Crippen LogP contribution is -2.25. The van der Waals surface area contributed by atoms with Crippen molar-refractivity contribution in [2.24, 2.45) is 0 Å². The van der Waals surface area contributed by atoms with Gasteiger partial charge in [-0.05, 0) is 45.4 Å². The molecule has 3 heteroatoms. The van der Waals surface area contributed by atoms with Crippen LogP contribution in [0.25, 0.3) is 0 Å². The second-order valence-electron chi connectivity index (χ2n) is 6.47. The molecule has 0 bridgehead atoms. The molecule has 1 aromatic heterocycles. The van der Waals surface area contributed by atoms with Crippen LogP contribution in [0.1, 0.15) is 46.2 Å². The van der Waals surface area contributed by atoms with E-state index in [0.717, 1.165) is 17.8 Å². The maximum atomic E-state index is 12.6. The number of benzene rings is 1. The molecule has 1 fully saturated rings. The number of rotatable bonds is 6. The van der Waals surface area contributed by atoms with Crippen LogP contribution in [-0.2, 0) is 6.54 Å². The van der Waals surface area contributed by atoms with Crippen LogP contribution in [0.2, 0.25) is 0 Å². The fourth-order valence-electron chi connectivity index (χ4n) is 3.24. The first kappa shape index (κ1) is 15.0. The van der Waals surface area contributed by atoms with E-state index in [2.05, 4.69) is 41.5 Å². The topological polar surface area (TPSA) is 25.2 Å². The van der Waals surface area contributed by atoms with E-state index >= 15 is 0 Å². The Labute approximate surface area is 132 Å². The summed E-state index contributed by atoms with van der Waals surface area (Å²) in [6.07, 6.45) is 2.50. The number of aryl methyl sites for hydroxylation is 1. The van der Waals surface area contributed by atoms with Crippen molar-refractivity contribution in [3.05, 3.63) is 58.9 Å². The predicted octanol–water partition coefficient (Wildman–Crippen LogP) is 3.75. The van der Waals surface area contributed by atoms with Gasteiger partial charge in [0.15, 0.2) is 5.78 Å². The number of hydrogen-bond donors (Lipinski definition) is 0. The van der Waals surface area contributed by atoms with E-state index in [0.29, 0.717) is 12.6 Å². The molecule has 1 aliphatic carbocycles. The summed E-state index contributed by atoms with van der Waals surface area (Å²) in [7, 11) is 2.00. The Bertz CT molecular complexity index is 668. The first-order chi connectivity index (χ1) is 10.6. The summed E-state index contributed by atoms with van der Waals surface area (Å²) >= 11 is 0. The predicted molar refractivity (Wildman–Crippen MR) is 89.3 cm³/mol. The molecule has 1 saturated carbocycles. The molecule has 0 unspecified atom stereocenters. The van der Waals surface area contributed by atoms with Crippen LogP contribution < -0.4 is 0 Å². The van der Waals surface area contributed by atoms with Crippen molar-refractivity contribution in [2.75, 3.05) is 13.6 Å². The van der Waals surface area contributed by atoms with E-state index in [1.807, 2.05) is 25.2 Å². The van der Waals surface area contributed by atoms with Crippen LogP contribution in [0.3, 0.4) is 0 Å². The highest BCUT2D eigenvalue weighted by atomic mass is 16.1. The Morgan fingerprint density at radius 3 is 2.55 bits per heavy atom. The van der Waals surface area contributed by atoms with Crippen LogP contribution in [-0.4, -0.2) is 28.8 Å². The molecule has 0 atom stereocenters. The molecule has 2 aromatic rings. The molecule has 3 rings (SSSR count). The fraction of sp³-hybridized carbons (Fsp3) is 0.421. The van der Waals surface area contributed by atoms with Gasteiger partial charge in [-0.15, -0.1) is 0 Å². The van der Waals surface area contributed by atoms with Gasteiger partial charge in [0.2, 0.25) is 0 Å². The third kappa shape index (κ3) is 3.14. The summed E-state index contributed by atoms with van der Waals surface area (Å²) < 4.78 is 2.34. The third-order valence-electron chi connectivity index (χ3n) is 4.41. The largest absolute Gasteiger partial charge is 0.345 e. The second kappa shape index (κ2) is 6.09. The molecular formula is C19H24N2O. The van der Waals surface area contributed by atoms with Crippen LogP contribution in [0.15, 0.2) is 36.4 Å². The van der Waals surface area contributed by atoms with Gasteiger partial charge in [-0.3, -0.25) is 9.69 Å². The molecule has 0 aliphatic heterocycles. The van der Waals surface area contributed by atoms with Gasteiger partial charge in [-0.1, -0.05) is 30.3 Å². The Morgan fingerprint density at radius 2 is 1.91 bits per heavy atom. The van der Waals surface area contributed by atoms with Gasteiger partial charge in [-0.2, -0.15) is 0 Å². The number of carbonyl (C=O) groups excluding carboxylic acids is 1. The monoisotopic (exact) mass is 296 g/mol. The highest BCUT2D eigenvalue weighted by molar-refractivity contribution is 5.99. The molecule has 0 amide bonds. The fourth-order valence-corrected chi connectivity index (χ4v) is 3.24. The maximum Gasteiger partial charge on any atom is 0.178 e. The van der Waals surface area contributed by atoms with Crippen LogP contribution in [0.5, 0.6) is 0 Å². The minimum atomic E-state index is 0.221. The summed E-state index contributed by atoms with van der Waals surface area (Å²) in [4.78, 5) is 14.7. The van der Waals surface area contributed by atoms with Gasteiger partial charge in [0.05, 0.1) is 6.54 Å². The summed E-state index contributed by atoms with van der Waals surface area (Å²) in [5.41, 5.74) is 4.48. The summed E-state index contributed by atoms with van der Waals surface area (Å²) in [6.45, 7) is 5.45. The van der Waals surface area contributed by atoms with E-state index < -0.39 is 0 Å². The van der Waals surface area contributed by atoms with E-state index in [1.165, 1.54) is 24.1 Å². The summed E-state index contributed by atoms with van der Waals surface area (Å²) in [5, 5.41) is 0. The number of hydrogen-bond acceptors (Lipinski definition) is 2. The molecule has 0 spiro atoms. The van der Waals surface area contributed by atoms with Crippen molar-refractivity contribution < 1.29 is 4.79 Å². The number of ketones is 1. The zero-order chi connectivity index (χ0) is 15.7. The quantitative estimate of drug-likeness (QED) is 0.758. The van der Waals surface area contributed by atoms with Crippen molar-refractivity contribution in [2.45, 2.75) is 39.3 Å². The molecule has 0 radical (unpaired) electrons. The van der Waals surface area contributed by atoms with Crippen LogP contribution >= 0.6 is 0 Å². The standard InChI is InChI=1S/C19H24N2O/c1-14-11-18(15(2)21(14)17-9-10-17)19(22)13-20(3)12-16-7-5-4-6-8-16/h4-8,11,17H,9-10,12-13H2,1-3H3. The molecule has 0 saturated heterocycles. The SMILES string of the molecule is Cc1cc(C(=O)CN(C)Cc2ccccc2)c(C)n1C1CC1. The number of nitrogens with zero attached hydrogens (tertiary/aromatic N) is 2. The lowest BCUT2D eigenvalue weighted by Gasteiger charge is -2.16. The van der Waals surface area contributed by atoms with Crippen molar-refractivity contribution in [1.29, 1.82) is 0 Å². The van der Waals surface area contributed by atoms with Crippen LogP contribution in [0, 0.1) is 13.8 Å². The normalized spacial score (nSPS) is 14.5. The molecule has 1 heterocycles. The van der Waals surface area contributed by atoms with Crippen molar-refractivity contribution in [3.8, 4) is 0 Å². The molecule has 1 aliphatic rings. The third-order valence-corrected chi connectivity index (χ3v) is 4.41. The maximum absolute atomic E-state index is 12.6. The number of carbonyl (C=O) groups is 1. The van der Waals surface area contributed by atoms with E-state index in [4.69, 9.17) is 0 Å². The van der Waals surface area contributed by atoms with Gasteiger partial charge in [-0.25, -0.2) is 0 Å². The molecule has 0 N–H and O–H groups in total. The Morgan fingerprint density at radius 1 is 1.23 bits per heavy atom. The number of Topliss-reactive ketones (excluding diaryl/α,β-unsaturated/α-hetero) is 1. The van der Waals surface area contributed by atoms with Crippen molar-refractivity contribution >= 4 is 5.78 Å². The van der Waals surface area contributed by atoms with E-state index in [1.54, 1.807) is 0 Å². The highest BCUT2D eigenvalue weighted by Crippen LogP contribution is 2.38. The average molecular weight is 296 g/mol. The second-order valence-corrected chi connectivity index (χ2v) is 6.47. The lowest BCUT2D eigenvalue weighted by molar-refractivity contribution is 0.0942. The smallest absolute Gasteiger partial charge is 0.178 e. The lowest BCUT2D eigenvalue weighted by atomic mass is 10.1. The van der Waals surface area contributed by atoms with Crippen molar-refractivity contribution in [1.82, 2.24) is 9.47 Å². The Balaban J connectivity index is 1.68. The zero-order valence-electron chi connectivity index (χ0n) is 13.7. The number of aromatic nitrogens is 1. The highest BCUT2D eigenvalue weighted by Gasteiger charge is 2.28. The average Bonchev–Trinajstić information content (AvgIpc) is 3.25. The molecule has 3 nitrogen and oxygen atoms in total.